The number of hydrogen-bond donors (Lipinski definition) is 2. The number of hydrogen-bond acceptors (Lipinski definition) is 4. The number of benzene rings is 1. The van der Waals surface area contributed by atoms with Crippen LogP contribution in [0.25, 0.3) is 0 Å². The fourth-order valence-corrected chi connectivity index (χ4v) is 1.84. The van der Waals surface area contributed by atoms with Crippen molar-refractivity contribution in [2.24, 2.45) is 17.4 Å². The topological polar surface area (TPSA) is 70.5 Å². The second-order valence-electron chi connectivity index (χ2n) is 4.18. The largest absolute Gasteiger partial charge is 0.494 e. The van der Waals surface area contributed by atoms with Crippen LogP contribution in [0.4, 0.5) is 0 Å². The Bertz CT molecular complexity index is 352. The smallest absolute Gasteiger partial charge is 0.122 e. The van der Waals surface area contributed by atoms with E-state index in [9.17, 15) is 0 Å². The zero-order chi connectivity index (χ0) is 13.4. The highest BCUT2D eigenvalue weighted by atomic mass is 16.5. The molecule has 0 fully saturated rings. The summed E-state index contributed by atoms with van der Waals surface area (Å²) in [7, 11) is 0. The molecule has 4 N–H and O–H groups in total. The molecule has 0 radical (unpaired) electrons. The molecule has 0 saturated heterocycles. The van der Waals surface area contributed by atoms with Crippen LogP contribution in [0.5, 0.6) is 11.5 Å². The van der Waals surface area contributed by atoms with Gasteiger partial charge in [0, 0.05) is 0 Å². The Hall–Kier alpha value is -1.26. The Morgan fingerprint density at radius 1 is 1.06 bits per heavy atom. The van der Waals surface area contributed by atoms with Gasteiger partial charge in [0.05, 0.1) is 13.2 Å². The molecule has 0 aromatic heterocycles. The molecule has 0 aliphatic rings. The van der Waals surface area contributed by atoms with Crippen molar-refractivity contribution >= 4 is 0 Å². The molecule has 0 heterocycles. The van der Waals surface area contributed by atoms with Crippen LogP contribution in [0.3, 0.4) is 0 Å². The van der Waals surface area contributed by atoms with Gasteiger partial charge in [0.2, 0.25) is 0 Å². The predicted octanol–water partition coefficient (Wildman–Crippen LogP) is 1.56. The van der Waals surface area contributed by atoms with Crippen molar-refractivity contribution in [3.05, 3.63) is 23.8 Å². The maximum Gasteiger partial charge on any atom is 0.122 e. The molecule has 18 heavy (non-hydrogen) atoms. The van der Waals surface area contributed by atoms with Crippen LogP contribution < -0.4 is 20.9 Å². The molecule has 4 heteroatoms. The lowest BCUT2D eigenvalue weighted by Gasteiger charge is -2.16. The van der Waals surface area contributed by atoms with Crippen molar-refractivity contribution in [2.45, 2.75) is 20.3 Å². The van der Waals surface area contributed by atoms with Gasteiger partial charge in [0.1, 0.15) is 11.5 Å². The third-order valence-corrected chi connectivity index (χ3v) is 2.82. The van der Waals surface area contributed by atoms with E-state index in [1.165, 1.54) is 0 Å². The molecule has 1 aromatic carbocycles. The van der Waals surface area contributed by atoms with Gasteiger partial charge >= 0.3 is 0 Å². The lowest BCUT2D eigenvalue weighted by Crippen LogP contribution is -2.25. The van der Waals surface area contributed by atoms with Crippen LogP contribution in [0.15, 0.2) is 18.2 Å². The Labute approximate surface area is 109 Å². The van der Waals surface area contributed by atoms with E-state index in [-0.39, 0.29) is 5.92 Å². The summed E-state index contributed by atoms with van der Waals surface area (Å²) < 4.78 is 11.1. The van der Waals surface area contributed by atoms with Gasteiger partial charge in [0.15, 0.2) is 0 Å². The molecule has 102 valence electrons. The zero-order valence-corrected chi connectivity index (χ0v) is 11.3. The lowest BCUT2D eigenvalue weighted by molar-refractivity contribution is 0.325. The maximum absolute atomic E-state index is 5.70. The first-order valence-electron chi connectivity index (χ1n) is 6.53. The summed E-state index contributed by atoms with van der Waals surface area (Å²) in [6, 6.07) is 5.90. The van der Waals surface area contributed by atoms with E-state index in [2.05, 4.69) is 0 Å². The van der Waals surface area contributed by atoms with Gasteiger partial charge in [-0.25, -0.2) is 0 Å². The van der Waals surface area contributed by atoms with Crippen LogP contribution in [0.2, 0.25) is 0 Å². The van der Waals surface area contributed by atoms with Crippen molar-refractivity contribution < 1.29 is 9.47 Å². The van der Waals surface area contributed by atoms with E-state index in [1.54, 1.807) is 0 Å². The molecular formula is C14H24N2O2. The number of rotatable bonds is 8. The van der Waals surface area contributed by atoms with E-state index in [0.29, 0.717) is 26.3 Å². The van der Waals surface area contributed by atoms with Crippen LogP contribution in [-0.2, 0) is 6.42 Å². The third kappa shape index (κ3) is 4.20. The highest BCUT2D eigenvalue weighted by Gasteiger charge is 2.11. The molecule has 0 spiro atoms. The first-order valence-corrected chi connectivity index (χ1v) is 6.53. The molecule has 1 rings (SSSR count). The molecule has 0 unspecified atom stereocenters. The SMILES string of the molecule is CCOc1ccc(OCC)c(CC(CN)CN)c1. The fourth-order valence-electron chi connectivity index (χ4n) is 1.84. The molecule has 0 saturated carbocycles. The molecule has 1 aromatic rings. The molecule has 0 aliphatic heterocycles. The van der Waals surface area contributed by atoms with Crippen molar-refractivity contribution in [1.29, 1.82) is 0 Å². The van der Waals surface area contributed by atoms with Crippen LogP contribution in [0.1, 0.15) is 19.4 Å². The summed E-state index contributed by atoms with van der Waals surface area (Å²) in [4.78, 5) is 0. The monoisotopic (exact) mass is 252 g/mol. The van der Waals surface area contributed by atoms with E-state index in [0.717, 1.165) is 23.5 Å². The molecule has 0 amide bonds. The second kappa shape index (κ2) is 7.95. The van der Waals surface area contributed by atoms with E-state index in [1.807, 2.05) is 32.0 Å². The summed E-state index contributed by atoms with van der Waals surface area (Å²) in [5.74, 6) is 2.04. The molecule has 0 aliphatic carbocycles. The molecule has 4 nitrogen and oxygen atoms in total. The van der Waals surface area contributed by atoms with Gasteiger partial charge < -0.3 is 20.9 Å². The van der Waals surface area contributed by atoms with E-state index >= 15 is 0 Å². The van der Waals surface area contributed by atoms with Gasteiger partial charge in [-0.15, -0.1) is 0 Å². The summed E-state index contributed by atoms with van der Waals surface area (Å²) >= 11 is 0. The first-order chi connectivity index (χ1) is 8.74. The van der Waals surface area contributed by atoms with Crippen LogP contribution in [-0.4, -0.2) is 26.3 Å². The van der Waals surface area contributed by atoms with Crippen molar-refractivity contribution in [3.8, 4) is 11.5 Å². The maximum atomic E-state index is 5.70. The minimum Gasteiger partial charge on any atom is -0.494 e. The fraction of sp³-hybridized carbons (Fsp3) is 0.571. The van der Waals surface area contributed by atoms with Crippen molar-refractivity contribution in [2.75, 3.05) is 26.3 Å². The molecular weight excluding hydrogens is 228 g/mol. The van der Waals surface area contributed by atoms with E-state index < -0.39 is 0 Å². The Balaban J connectivity index is 2.91. The minimum atomic E-state index is 0.279. The molecule has 0 bridgehead atoms. The highest BCUT2D eigenvalue weighted by Crippen LogP contribution is 2.26. The minimum absolute atomic E-state index is 0.279. The van der Waals surface area contributed by atoms with Gasteiger partial charge in [-0.1, -0.05) is 0 Å². The van der Waals surface area contributed by atoms with Gasteiger partial charge in [-0.05, 0) is 63.0 Å². The average Bonchev–Trinajstić information content (AvgIpc) is 2.39. The number of ether oxygens (including phenoxy) is 2. The molecule has 0 atom stereocenters. The van der Waals surface area contributed by atoms with Gasteiger partial charge in [-0.3, -0.25) is 0 Å². The van der Waals surface area contributed by atoms with E-state index in [4.69, 9.17) is 20.9 Å². The first kappa shape index (κ1) is 14.8. The normalized spacial score (nSPS) is 10.7. The highest BCUT2D eigenvalue weighted by molar-refractivity contribution is 5.40. The number of nitrogens with two attached hydrogens (primary N) is 2. The standard InChI is InChI=1S/C14H24N2O2/c1-3-17-13-5-6-14(18-4-2)12(8-13)7-11(9-15)10-16/h5-6,8,11H,3-4,7,9-10,15-16H2,1-2H3. The van der Waals surface area contributed by atoms with Crippen molar-refractivity contribution in [1.82, 2.24) is 0 Å². The Kier molecular flexibility index (Phi) is 6.54. The van der Waals surface area contributed by atoms with Gasteiger partial charge in [0.25, 0.3) is 0 Å². The Morgan fingerprint density at radius 3 is 2.28 bits per heavy atom. The summed E-state index contributed by atoms with van der Waals surface area (Å²) in [6.45, 7) is 6.42. The summed E-state index contributed by atoms with van der Waals surface area (Å²) in [5, 5.41) is 0. The summed E-state index contributed by atoms with van der Waals surface area (Å²) in [6.07, 6.45) is 0.823. The second-order valence-corrected chi connectivity index (χ2v) is 4.18. The Morgan fingerprint density at radius 2 is 1.72 bits per heavy atom. The zero-order valence-electron chi connectivity index (χ0n) is 11.3. The average molecular weight is 252 g/mol. The van der Waals surface area contributed by atoms with Crippen LogP contribution >= 0.6 is 0 Å². The third-order valence-electron chi connectivity index (χ3n) is 2.82. The van der Waals surface area contributed by atoms with Crippen LogP contribution in [0, 0.1) is 5.92 Å². The predicted molar refractivity (Wildman–Crippen MR) is 74.1 cm³/mol. The lowest BCUT2D eigenvalue weighted by atomic mass is 9.98. The van der Waals surface area contributed by atoms with Gasteiger partial charge in [-0.2, -0.15) is 0 Å². The summed E-state index contributed by atoms with van der Waals surface area (Å²) in [5.41, 5.74) is 12.5. The quantitative estimate of drug-likeness (QED) is 0.736. The van der Waals surface area contributed by atoms with Crippen molar-refractivity contribution in [3.63, 3.8) is 0 Å².